The number of aliphatic hydroxyl groups is 1. The van der Waals surface area contributed by atoms with E-state index in [9.17, 15) is 0 Å². The maximum Gasteiger partial charge on any atom is 0.0661 e. The molecule has 2 saturated carbocycles. The molecule has 0 aliphatic heterocycles. The van der Waals surface area contributed by atoms with E-state index in [2.05, 4.69) is 18.9 Å². The van der Waals surface area contributed by atoms with Crippen molar-refractivity contribution in [2.75, 3.05) is 26.8 Å². The van der Waals surface area contributed by atoms with E-state index in [-0.39, 0.29) is 0 Å². The summed E-state index contributed by atoms with van der Waals surface area (Å²) in [4.78, 5) is 2.54. The average molecular weight is 269 g/mol. The first kappa shape index (κ1) is 15.3. The van der Waals surface area contributed by atoms with E-state index in [1.165, 1.54) is 38.5 Å². The number of aliphatic hydroxyl groups excluding tert-OH is 1. The molecule has 0 aromatic heterocycles. The maximum atomic E-state index is 8.90. The van der Waals surface area contributed by atoms with Crippen LogP contribution in [-0.2, 0) is 4.74 Å². The first-order valence-corrected chi connectivity index (χ1v) is 8.17. The van der Waals surface area contributed by atoms with Crippen LogP contribution in [0.1, 0.15) is 58.3 Å². The van der Waals surface area contributed by atoms with E-state index < -0.39 is 0 Å². The Morgan fingerprint density at radius 3 is 2.58 bits per heavy atom. The Morgan fingerprint density at radius 2 is 1.95 bits per heavy atom. The fourth-order valence-corrected chi connectivity index (χ4v) is 4.27. The molecule has 2 rings (SSSR count). The van der Waals surface area contributed by atoms with E-state index >= 15 is 0 Å². The topological polar surface area (TPSA) is 32.7 Å². The van der Waals surface area contributed by atoms with E-state index in [4.69, 9.17) is 9.84 Å². The molecule has 2 unspecified atom stereocenters. The number of ether oxygens (including phenoxy) is 1. The molecule has 0 saturated heterocycles. The van der Waals surface area contributed by atoms with Crippen LogP contribution in [0.2, 0.25) is 0 Å². The lowest BCUT2D eigenvalue weighted by atomic mass is 9.54. The Morgan fingerprint density at radius 1 is 1.21 bits per heavy atom. The van der Waals surface area contributed by atoms with Crippen LogP contribution in [0.3, 0.4) is 0 Å². The SMILES string of the molecule is CCOC1CC(N(C)CCCCO)C12CCCCC2. The van der Waals surface area contributed by atoms with Gasteiger partial charge in [-0.25, -0.2) is 0 Å². The Kier molecular flexibility index (Phi) is 5.67. The van der Waals surface area contributed by atoms with Gasteiger partial charge in [-0.1, -0.05) is 19.3 Å². The lowest BCUT2D eigenvalue weighted by molar-refractivity contribution is -0.178. The number of hydrogen-bond acceptors (Lipinski definition) is 3. The predicted octanol–water partition coefficient (Wildman–Crippen LogP) is 2.82. The normalized spacial score (nSPS) is 29.7. The minimum atomic E-state index is 0.325. The summed E-state index contributed by atoms with van der Waals surface area (Å²) in [7, 11) is 2.26. The average Bonchev–Trinajstić information content (AvgIpc) is 2.44. The van der Waals surface area contributed by atoms with Gasteiger partial charge in [0.1, 0.15) is 0 Å². The highest BCUT2D eigenvalue weighted by Gasteiger charge is 2.56. The molecule has 3 nitrogen and oxygen atoms in total. The first-order chi connectivity index (χ1) is 9.24. The van der Waals surface area contributed by atoms with E-state index in [0.717, 1.165) is 26.0 Å². The van der Waals surface area contributed by atoms with Gasteiger partial charge in [-0.3, -0.25) is 0 Å². The fraction of sp³-hybridized carbons (Fsp3) is 1.00. The largest absolute Gasteiger partial charge is 0.396 e. The summed E-state index contributed by atoms with van der Waals surface area (Å²) < 4.78 is 6.01. The molecule has 19 heavy (non-hydrogen) atoms. The molecule has 0 bridgehead atoms. The van der Waals surface area contributed by atoms with Crippen molar-refractivity contribution in [3.05, 3.63) is 0 Å². The standard InChI is InChI=1S/C16H31NO2/c1-3-19-15-13-14(17(2)11-7-8-12-18)16(15)9-5-4-6-10-16/h14-15,18H,3-13H2,1-2H3. The lowest BCUT2D eigenvalue weighted by Gasteiger charge is -2.60. The van der Waals surface area contributed by atoms with Crippen LogP contribution >= 0.6 is 0 Å². The van der Waals surface area contributed by atoms with Gasteiger partial charge in [-0.15, -0.1) is 0 Å². The molecule has 2 fully saturated rings. The van der Waals surface area contributed by atoms with Crippen LogP contribution in [0.15, 0.2) is 0 Å². The zero-order valence-corrected chi connectivity index (χ0v) is 12.7. The first-order valence-electron chi connectivity index (χ1n) is 8.17. The molecule has 112 valence electrons. The van der Waals surface area contributed by atoms with Gasteiger partial charge < -0.3 is 14.7 Å². The summed E-state index contributed by atoms with van der Waals surface area (Å²) in [6.07, 6.45) is 10.6. The van der Waals surface area contributed by atoms with Crippen LogP contribution < -0.4 is 0 Å². The van der Waals surface area contributed by atoms with Crippen molar-refractivity contribution in [3.8, 4) is 0 Å². The fourth-order valence-electron chi connectivity index (χ4n) is 4.27. The molecule has 1 spiro atoms. The molecule has 3 heteroatoms. The molecule has 2 atom stereocenters. The molecule has 1 N–H and O–H groups in total. The van der Waals surface area contributed by atoms with Gasteiger partial charge in [-0.05, 0) is 52.6 Å². The van der Waals surface area contributed by atoms with Crippen molar-refractivity contribution in [1.82, 2.24) is 4.90 Å². The van der Waals surface area contributed by atoms with Crippen LogP contribution in [-0.4, -0.2) is 49.0 Å². The van der Waals surface area contributed by atoms with E-state index in [1.54, 1.807) is 0 Å². The summed E-state index contributed by atoms with van der Waals surface area (Å²) in [6.45, 7) is 4.42. The highest BCUT2D eigenvalue weighted by atomic mass is 16.5. The molecule has 2 aliphatic carbocycles. The minimum absolute atomic E-state index is 0.325. The number of nitrogens with zero attached hydrogens (tertiary/aromatic N) is 1. The second-order valence-corrected chi connectivity index (χ2v) is 6.40. The summed E-state index contributed by atoms with van der Waals surface area (Å²) in [5.41, 5.74) is 0.447. The minimum Gasteiger partial charge on any atom is -0.396 e. The van der Waals surface area contributed by atoms with Crippen LogP contribution in [0.4, 0.5) is 0 Å². The highest BCUT2D eigenvalue weighted by molar-refractivity contribution is 5.09. The third-order valence-electron chi connectivity index (χ3n) is 5.35. The van der Waals surface area contributed by atoms with Crippen molar-refractivity contribution in [3.63, 3.8) is 0 Å². The van der Waals surface area contributed by atoms with Gasteiger partial charge in [0.25, 0.3) is 0 Å². The van der Waals surface area contributed by atoms with E-state index in [0.29, 0.717) is 24.2 Å². The van der Waals surface area contributed by atoms with Gasteiger partial charge in [-0.2, -0.15) is 0 Å². The predicted molar refractivity (Wildman–Crippen MR) is 78.3 cm³/mol. The summed E-state index contributed by atoms with van der Waals surface area (Å²) in [5.74, 6) is 0. The van der Waals surface area contributed by atoms with Gasteiger partial charge in [0.05, 0.1) is 6.10 Å². The molecular formula is C16H31NO2. The number of hydrogen-bond donors (Lipinski definition) is 1. The van der Waals surface area contributed by atoms with Crippen molar-refractivity contribution < 1.29 is 9.84 Å². The van der Waals surface area contributed by atoms with Crippen molar-refractivity contribution in [1.29, 1.82) is 0 Å². The monoisotopic (exact) mass is 269 g/mol. The molecular weight excluding hydrogens is 238 g/mol. The third-order valence-corrected chi connectivity index (χ3v) is 5.35. The van der Waals surface area contributed by atoms with Crippen molar-refractivity contribution in [2.45, 2.75) is 70.4 Å². The Balaban J connectivity index is 1.92. The van der Waals surface area contributed by atoms with Crippen molar-refractivity contribution >= 4 is 0 Å². The molecule has 0 aromatic carbocycles. The number of unbranched alkanes of at least 4 members (excludes halogenated alkanes) is 1. The molecule has 0 heterocycles. The zero-order valence-electron chi connectivity index (χ0n) is 12.7. The van der Waals surface area contributed by atoms with Gasteiger partial charge >= 0.3 is 0 Å². The second kappa shape index (κ2) is 7.05. The Hall–Kier alpha value is -0.120. The zero-order chi connectivity index (χ0) is 13.7. The highest BCUT2D eigenvalue weighted by Crippen LogP contribution is 2.55. The molecule has 0 radical (unpaired) electrons. The van der Waals surface area contributed by atoms with Crippen LogP contribution in [0.5, 0.6) is 0 Å². The Labute approximate surface area is 118 Å². The Bertz CT molecular complexity index is 263. The van der Waals surface area contributed by atoms with Crippen LogP contribution in [0.25, 0.3) is 0 Å². The molecule has 2 aliphatic rings. The van der Waals surface area contributed by atoms with Gasteiger partial charge in [0.15, 0.2) is 0 Å². The summed E-state index contributed by atoms with van der Waals surface area (Å²) in [6, 6.07) is 0.711. The maximum absolute atomic E-state index is 8.90. The smallest absolute Gasteiger partial charge is 0.0661 e. The number of rotatable bonds is 7. The quantitative estimate of drug-likeness (QED) is 0.721. The summed E-state index contributed by atoms with van der Waals surface area (Å²) in [5, 5.41) is 8.90. The van der Waals surface area contributed by atoms with Crippen molar-refractivity contribution in [2.24, 2.45) is 5.41 Å². The summed E-state index contributed by atoms with van der Waals surface area (Å²) >= 11 is 0. The van der Waals surface area contributed by atoms with Crippen LogP contribution in [0, 0.1) is 5.41 Å². The molecule has 0 amide bonds. The second-order valence-electron chi connectivity index (χ2n) is 6.40. The van der Waals surface area contributed by atoms with E-state index in [1.807, 2.05) is 0 Å². The van der Waals surface area contributed by atoms with Gasteiger partial charge in [0, 0.05) is 24.7 Å². The molecule has 0 aromatic rings. The van der Waals surface area contributed by atoms with Gasteiger partial charge in [0.2, 0.25) is 0 Å². The third kappa shape index (κ3) is 3.14. The lowest BCUT2D eigenvalue weighted by Crippen LogP contribution is -2.64.